The molecule has 0 aromatic heterocycles. The average molecular weight is 290 g/mol. The van der Waals surface area contributed by atoms with Gasteiger partial charge in [0.15, 0.2) is 0 Å². The van der Waals surface area contributed by atoms with Gasteiger partial charge in [0.2, 0.25) is 5.91 Å². The second-order valence-corrected chi connectivity index (χ2v) is 6.73. The monoisotopic (exact) mass is 290 g/mol. The number of aryl methyl sites for hydroxylation is 1. The van der Waals surface area contributed by atoms with Crippen LogP contribution in [0.3, 0.4) is 0 Å². The Morgan fingerprint density at radius 3 is 2.38 bits per heavy atom. The van der Waals surface area contributed by atoms with Crippen molar-refractivity contribution in [3.05, 3.63) is 35.4 Å². The first-order valence-electron chi connectivity index (χ1n) is 7.56. The van der Waals surface area contributed by atoms with Gasteiger partial charge in [-0.15, -0.1) is 0 Å². The highest BCUT2D eigenvalue weighted by atomic mass is 16.5. The lowest BCUT2D eigenvalue weighted by atomic mass is 9.73. The third kappa shape index (κ3) is 3.83. The van der Waals surface area contributed by atoms with E-state index < -0.39 is 11.0 Å². The molecule has 0 saturated carbocycles. The van der Waals surface area contributed by atoms with Crippen molar-refractivity contribution in [2.24, 2.45) is 5.73 Å². The van der Waals surface area contributed by atoms with Gasteiger partial charge in [0.05, 0.1) is 5.41 Å². The molecular formula is C17H26N2O2. The standard InChI is InChI=1S/C17H26N2O2/c1-13-4-6-14(7-5-13)17(8-10-21-11-9-17)15(20)19-12-16(2,3)18/h4-7H,8-12,18H2,1-3H3,(H,19,20). The zero-order valence-corrected chi connectivity index (χ0v) is 13.2. The number of ether oxygens (including phenoxy) is 1. The number of hydrogen-bond acceptors (Lipinski definition) is 3. The minimum absolute atomic E-state index is 0.0631. The van der Waals surface area contributed by atoms with Crippen molar-refractivity contribution in [1.82, 2.24) is 5.32 Å². The molecule has 0 atom stereocenters. The zero-order chi connectivity index (χ0) is 15.5. The van der Waals surface area contributed by atoms with Crippen LogP contribution in [0.2, 0.25) is 0 Å². The number of nitrogens with two attached hydrogens (primary N) is 1. The van der Waals surface area contributed by atoms with Crippen LogP contribution in [-0.4, -0.2) is 31.2 Å². The molecule has 2 rings (SSSR count). The summed E-state index contributed by atoms with van der Waals surface area (Å²) in [6, 6.07) is 8.25. The highest BCUT2D eigenvalue weighted by molar-refractivity contribution is 5.88. The van der Waals surface area contributed by atoms with Gasteiger partial charge in [-0.2, -0.15) is 0 Å². The second kappa shape index (κ2) is 6.16. The quantitative estimate of drug-likeness (QED) is 0.890. The molecule has 116 valence electrons. The Morgan fingerprint density at radius 2 is 1.86 bits per heavy atom. The molecule has 1 aliphatic rings. The SMILES string of the molecule is Cc1ccc(C2(C(=O)NCC(C)(C)N)CCOCC2)cc1. The second-order valence-electron chi connectivity index (χ2n) is 6.73. The average Bonchev–Trinajstić information content (AvgIpc) is 2.45. The number of amides is 1. The molecule has 0 aliphatic carbocycles. The lowest BCUT2D eigenvalue weighted by Crippen LogP contribution is -2.53. The number of rotatable bonds is 4. The van der Waals surface area contributed by atoms with E-state index in [1.54, 1.807) is 0 Å². The first kappa shape index (κ1) is 16.0. The normalized spacial score (nSPS) is 18.3. The van der Waals surface area contributed by atoms with Gasteiger partial charge >= 0.3 is 0 Å². The van der Waals surface area contributed by atoms with Crippen LogP contribution >= 0.6 is 0 Å². The molecule has 21 heavy (non-hydrogen) atoms. The van der Waals surface area contributed by atoms with E-state index in [9.17, 15) is 4.79 Å². The number of hydrogen-bond donors (Lipinski definition) is 2. The number of carbonyl (C=O) groups excluding carboxylic acids is 1. The van der Waals surface area contributed by atoms with Crippen molar-refractivity contribution < 1.29 is 9.53 Å². The fourth-order valence-corrected chi connectivity index (χ4v) is 2.72. The highest BCUT2D eigenvalue weighted by Gasteiger charge is 2.41. The Balaban J connectivity index is 2.24. The maximum atomic E-state index is 12.8. The summed E-state index contributed by atoms with van der Waals surface area (Å²) in [5, 5.41) is 3.03. The maximum absolute atomic E-state index is 12.8. The van der Waals surface area contributed by atoms with Crippen LogP contribution < -0.4 is 11.1 Å². The summed E-state index contributed by atoms with van der Waals surface area (Å²) in [5.41, 5.74) is 7.35. The summed E-state index contributed by atoms with van der Waals surface area (Å²) >= 11 is 0. The van der Waals surface area contributed by atoms with Crippen LogP contribution in [0.5, 0.6) is 0 Å². The van der Waals surface area contributed by atoms with Crippen LogP contribution in [0.4, 0.5) is 0 Å². The van der Waals surface area contributed by atoms with Crippen LogP contribution in [0, 0.1) is 6.92 Å². The van der Waals surface area contributed by atoms with E-state index in [-0.39, 0.29) is 5.91 Å². The Hall–Kier alpha value is -1.39. The van der Waals surface area contributed by atoms with Gasteiger partial charge < -0.3 is 15.8 Å². The number of benzene rings is 1. The van der Waals surface area contributed by atoms with Crippen molar-refractivity contribution in [2.45, 2.75) is 44.6 Å². The van der Waals surface area contributed by atoms with Crippen LogP contribution in [0.15, 0.2) is 24.3 Å². The molecular weight excluding hydrogens is 264 g/mol. The van der Waals surface area contributed by atoms with Gasteiger partial charge in [0.1, 0.15) is 0 Å². The first-order valence-corrected chi connectivity index (χ1v) is 7.56. The Bertz CT molecular complexity index is 483. The van der Waals surface area contributed by atoms with E-state index in [0.717, 1.165) is 5.56 Å². The molecule has 1 aromatic carbocycles. The third-order valence-electron chi connectivity index (χ3n) is 4.09. The van der Waals surface area contributed by atoms with Gasteiger partial charge in [0.25, 0.3) is 0 Å². The molecule has 4 heteroatoms. The van der Waals surface area contributed by atoms with Gasteiger partial charge in [-0.25, -0.2) is 0 Å². The van der Waals surface area contributed by atoms with Gasteiger partial charge in [0, 0.05) is 25.3 Å². The molecule has 0 spiro atoms. The van der Waals surface area contributed by atoms with E-state index in [1.807, 2.05) is 13.8 Å². The van der Waals surface area contributed by atoms with Crippen molar-refractivity contribution >= 4 is 5.91 Å². The van der Waals surface area contributed by atoms with Crippen molar-refractivity contribution in [3.8, 4) is 0 Å². The van der Waals surface area contributed by atoms with Crippen LogP contribution in [0.1, 0.15) is 37.8 Å². The predicted octanol–water partition coefficient (Wildman–Crippen LogP) is 1.90. The highest BCUT2D eigenvalue weighted by Crippen LogP contribution is 2.35. The summed E-state index contributed by atoms with van der Waals surface area (Å²) in [4.78, 5) is 12.8. The van der Waals surface area contributed by atoms with Crippen LogP contribution in [0.25, 0.3) is 0 Å². The van der Waals surface area contributed by atoms with Gasteiger partial charge in [-0.3, -0.25) is 4.79 Å². The van der Waals surface area contributed by atoms with Crippen LogP contribution in [-0.2, 0) is 14.9 Å². The predicted molar refractivity (Wildman–Crippen MR) is 84.2 cm³/mol. The molecule has 1 fully saturated rings. The summed E-state index contributed by atoms with van der Waals surface area (Å²) in [5.74, 6) is 0.0631. The van der Waals surface area contributed by atoms with Gasteiger partial charge in [-0.05, 0) is 39.2 Å². The van der Waals surface area contributed by atoms with Crippen molar-refractivity contribution in [1.29, 1.82) is 0 Å². The van der Waals surface area contributed by atoms with E-state index in [2.05, 4.69) is 36.5 Å². The molecule has 0 bridgehead atoms. The zero-order valence-electron chi connectivity index (χ0n) is 13.2. The molecule has 1 saturated heterocycles. The van der Waals surface area contributed by atoms with E-state index in [1.165, 1.54) is 5.56 Å². The largest absolute Gasteiger partial charge is 0.381 e. The smallest absolute Gasteiger partial charge is 0.230 e. The first-order chi connectivity index (χ1) is 9.83. The van der Waals surface area contributed by atoms with E-state index >= 15 is 0 Å². The molecule has 0 unspecified atom stereocenters. The van der Waals surface area contributed by atoms with Gasteiger partial charge in [-0.1, -0.05) is 29.8 Å². The maximum Gasteiger partial charge on any atom is 0.230 e. The van der Waals surface area contributed by atoms with E-state index in [0.29, 0.717) is 32.6 Å². The molecule has 1 amide bonds. The van der Waals surface area contributed by atoms with Crippen molar-refractivity contribution in [3.63, 3.8) is 0 Å². The summed E-state index contributed by atoms with van der Waals surface area (Å²) in [7, 11) is 0. The lowest BCUT2D eigenvalue weighted by Gasteiger charge is -2.37. The van der Waals surface area contributed by atoms with E-state index in [4.69, 9.17) is 10.5 Å². The molecule has 4 nitrogen and oxygen atoms in total. The summed E-state index contributed by atoms with van der Waals surface area (Å²) in [6.45, 7) is 7.59. The molecule has 1 aliphatic heterocycles. The number of carbonyl (C=O) groups is 1. The minimum Gasteiger partial charge on any atom is -0.381 e. The molecule has 3 N–H and O–H groups in total. The Kier molecular flexibility index (Phi) is 4.69. The summed E-state index contributed by atoms with van der Waals surface area (Å²) in [6.07, 6.45) is 1.43. The molecule has 0 radical (unpaired) electrons. The fourth-order valence-electron chi connectivity index (χ4n) is 2.72. The summed E-state index contributed by atoms with van der Waals surface area (Å²) < 4.78 is 5.46. The lowest BCUT2D eigenvalue weighted by molar-refractivity contribution is -0.130. The third-order valence-corrected chi connectivity index (χ3v) is 4.09. The topological polar surface area (TPSA) is 64.4 Å². The van der Waals surface area contributed by atoms with Crippen molar-refractivity contribution in [2.75, 3.05) is 19.8 Å². The Morgan fingerprint density at radius 1 is 1.29 bits per heavy atom. The minimum atomic E-state index is -0.489. The molecule has 1 aromatic rings. The fraction of sp³-hybridized carbons (Fsp3) is 0.588. The number of nitrogens with one attached hydrogen (secondary N) is 1. The molecule has 1 heterocycles. The Labute approximate surface area is 127 Å².